The lowest BCUT2D eigenvalue weighted by molar-refractivity contribution is -0.313. The van der Waals surface area contributed by atoms with Crippen molar-refractivity contribution in [1.29, 1.82) is 0 Å². The van der Waals surface area contributed by atoms with E-state index in [0.717, 1.165) is 21.9 Å². The molecule has 2 atom stereocenters. The van der Waals surface area contributed by atoms with Gasteiger partial charge in [0, 0.05) is 45.6 Å². The second-order valence-corrected chi connectivity index (χ2v) is 11.7. The molecule has 0 bridgehead atoms. The van der Waals surface area contributed by atoms with Gasteiger partial charge in [-0.2, -0.15) is 0 Å². The van der Waals surface area contributed by atoms with E-state index in [9.17, 15) is 24.0 Å². The van der Waals surface area contributed by atoms with Crippen LogP contribution in [0.15, 0.2) is 119 Å². The molecule has 0 heterocycles. The van der Waals surface area contributed by atoms with Crippen molar-refractivity contribution in [1.82, 2.24) is 0 Å². The molecule has 0 spiro atoms. The highest BCUT2D eigenvalue weighted by Crippen LogP contribution is 2.21. The first-order chi connectivity index (χ1) is 23.2. The van der Waals surface area contributed by atoms with Crippen LogP contribution in [0, 0.1) is 0 Å². The number of carbonyl (C=O) groups is 5. The molecule has 48 heavy (non-hydrogen) atoms. The second kappa shape index (κ2) is 21.1. The molecule has 0 saturated heterocycles. The topological polar surface area (TPSA) is 172 Å². The molecule has 0 aliphatic heterocycles. The Labute approximate surface area is 284 Å². The standard InChI is InChI=1S/C34H32O12S2/c35-30(36)15-17-32(39)45-26(22-47-28-7-3-1-4-8-28)20-42-34(41)25-13-11-24(12-14-25)19-43-44-21-27(46-33(40)18-16-31(37)38)23-48-29-9-5-2-6-10-29/h1-18,26-27H,19-23H2,(H,35,36)(H,37,38). The number of carbonyl (C=O) groups excluding carboxylic acids is 3. The number of hydrogen-bond acceptors (Lipinski definition) is 12. The number of hydrogen-bond donors (Lipinski definition) is 2. The van der Waals surface area contributed by atoms with Crippen molar-refractivity contribution in [3.63, 3.8) is 0 Å². The predicted octanol–water partition coefficient (Wildman–Crippen LogP) is 4.98. The Kier molecular flexibility index (Phi) is 16.5. The van der Waals surface area contributed by atoms with Crippen molar-refractivity contribution < 1.29 is 58.2 Å². The average Bonchev–Trinajstić information content (AvgIpc) is 3.09. The van der Waals surface area contributed by atoms with Gasteiger partial charge in [0.05, 0.1) is 5.56 Å². The quantitative estimate of drug-likeness (QED) is 0.0308. The molecule has 14 heteroatoms. The lowest BCUT2D eigenvalue weighted by atomic mass is 10.1. The number of carboxylic acid groups (broad SMARTS) is 2. The molecule has 0 aliphatic carbocycles. The van der Waals surface area contributed by atoms with Crippen LogP contribution in [0.2, 0.25) is 0 Å². The number of thioether (sulfide) groups is 2. The third kappa shape index (κ3) is 15.6. The number of rotatable bonds is 20. The van der Waals surface area contributed by atoms with E-state index < -0.39 is 42.1 Å². The minimum atomic E-state index is -1.30. The Morgan fingerprint density at radius 3 is 1.56 bits per heavy atom. The summed E-state index contributed by atoms with van der Waals surface area (Å²) in [7, 11) is 0. The SMILES string of the molecule is O=C(O)C=CC(=O)OC(COOCc1ccc(C(=O)OCC(CSc2ccccc2)OC(=O)C=CC(=O)O)cc1)CSc1ccccc1. The summed E-state index contributed by atoms with van der Waals surface area (Å²) < 4.78 is 16.0. The summed E-state index contributed by atoms with van der Waals surface area (Å²) in [6.07, 6.45) is 1.34. The van der Waals surface area contributed by atoms with Crippen LogP contribution in [0.1, 0.15) is 15.9 Å². The molecule has 0 saturated carbocycles. The fourth-order valence-electron chi connectivity index (χ4n) is 3.55. The number of aliphatic carboxylic acids is 2. The summed E-state index contributed by atoms with van der Waals surface area (Å²) in [5.74, 6) is -4.39. The molecule has 0 aliphatic rings. The Morgan fingerprint density at radius 2 is 1.08 bits per heavy atom. The lowest BCUT2D eigenvalue weighted by Gasteiger charge is -2.17. The van der Waals surface area contributed by atoms with E-state index >= 15 is 0 Å². The molecule has 3 aromatic carbocycles. The van der Waals surface area contributed by atoms with Crippen molar-refractivity contribution in [2.45, 2.75) is 28.6 Å². The van der Waals surface area contributed by atoms with Gasteiger partial charge in [0.2, 0.25) is 0 Å². The molecule has 3 rings (SSSR count). The Morgan fingerprint density at radius 1 is 0.604 bits per heavy atom. The minimum Gasteiger partial charge on any atom is -0.478 e. The first kappa shape index (κ1) is 37.6. The zero-order chi connectivity index (χ0) is 34.6. The van der Waals surface area contributed by atoms with E-state index in [2.05, 4.69) is 0 Å². The van der Waals surface area contributed by atoms with Crippen molar-refractivity contribution in [2.75, 3.05) is 24.7 Å². The largest absolute Gasteiger partial charge is 0.478 e. The molecular weight excluding hydrogens is 664 g/mol. The van der Waals surface area contributed by atoms with Gasteiger partial charge in [-0.3, -0.25) is 0 Å². The van der Waals surface area contributed by atoms with Crippen molar-refractivity contribution in [3.05, 3.63) is 120 Å². The van der Waals surface area contributed by atoms with Crippen LogP contribution in [-0.2, 0) is 49.8 Å². The summed E-state index contributed by atoms with van der Waals surface area (Å²) in [4.78, 5) is 70.6. The zero-order valence-electron chi connectivity index (χ0n) is 25.4. The van der Waals surface area contributed by atoms with Crippen LogP contribution < -0.4 is 0 Å². The van der Waals surface area contributed by atoms with Gasteiger partial charge < -0.3 is 24.4 Å². The molecule has 2 unspecified atom stereocenters. The summed E-state index contributed by atoms with van der Waals surface area (Å²) in [5.41, 5.74) is 0.880. The van der Waals surface area contributed by atoms with Gasteiger partial charge >= 0.3 is 29.8 Å². The first-order valence-corrected chi connectivity index (χ1v) is 16.2. The van der Waals surface area contributed by atoms with Crippen molar-refractivity contribution >= 4 is 53.4 Å². The maximum Gasteiger partial charge on any atom is 0.338 e. The molecule has 0 fully saturated rings. The minimum absolute atomic E-state index is 0.000660. The zero-order valence-corrected chi connectivity index (χ0v) is 27.0. The number of benzene rings is 3. The predicted molar refractivity (Wildman–Crippen MR) is 175 cm³/mol. The van der Waals surface area contributed by atoms with E-state index in [1.807, 2.05) is 60.7 Å². The monoisotopic (exact) mass is 696 g/mol. The van der Waals surface area contributed by atoms with E-state index in [0.29, 0.717) is 23.5 Å². The van der Waals surface area contributed by atoms with E-state index in [1.165, 1.54) is 35.7 Å². The Balaban J connectivity index is 1.49. The van der Waals surface area contributed by atoms with Crippen LogP contribution >= 0.6 is 23.5 Å². The molecule has 2 N–H and O–H groups in total. The molecule has 0 amide bonds. The molecule has 0 aromatic heterocycles. The summed E-state index contributed by atoms with van der Waals surface area (Å²) >= 11 is 2.80. The highest BCUT2D eigenvalue weighted by molar-refractivity contribution is 7.99. The third-order valence-electron chi connectivity index (χ3n) is 5.80. The Hall–Kier alpha value is -4.89. The molecular formula is C34H32O12S2. The van der Waals surface area contributed by atoms with E-state index in [4.69, 9.17) is 34.2 Å². The van der Waals surface area contributed by atoms with Gasteiger partial charge in [-0.15, -0.1) is 23.5 Å². The van der Waals surface area contributed by atoms with Gasteiger partial charge in [-0.1, -0.05) is 48.5 Å². The van der Waals surface area contributed by atoms with Crippen molar-refractivity contribution in [2.24, 2.45) is 0 Å². The van der Waals surface area contributed by atoms with Gasteiger partial charge in [-0.25, -0.2) is 33.7 Å². The number of carboxylic acids is 2. The third-order valence-corrected chi connectivity index (χ3v) is 8.09. The fraction of sp³-hybridized carbons (Fsp3) is 0.206. The molecule has 0 radical (unpaired) electrons. The maximum absolute atomic E-state index is 12.7. The van der Waals surface area contributed by atoms with Crippen LogP contribution in [0.5, 0.6) is 0 Å². The Bertz CT molecular complexity index is 1540. The second-order valence-electron chi connectivity index (χ2n) is 9.55. The van der Waals surface area contributed by atoms with Gasteiger partial charge in [0.25, 0.3) is 0 Å². The van der Waals surface area contributed by atoms with Crippen LogP contribution in [-0.4, -0.2) is 77.0 Å². The normalized spacial score (nSPS) is 12.3. The first-order valence-electron chi connectivity index (χ1n) is 14.3. The number of esters is 3. The molecule has 252 valence electrons. The average molecular weight is 697 g/mol. The summed E-state index contributed by atoms with van der Waals surface area (Å²) in [6.45, 7) is -0.388. The van der Waals surface area contributed by atoms with Crippen LogP contribution in [0.25, 0.3) is 0 Å². The summed E-state index contributed by atoms with van der Waals surface area (Å²) in [6, 6.07) is 25.0. The maximum atomic E-state index is 12.7. The van der Waals surface area contributed by atoms with E-state index in [-0.39, 0.29) is 31.1 Å². The molecule has 12 nitrogen and oxygen atoms in total. The molecule has 3 aromatic rings. The smallest absolute Gasteiger partial charge is 0.338 e. The highest BCUT2D eigenvalue weighted by Gasteiger charge is 2.19. The highest BCUT2D eigenvalue weighted by atomic mass is 32.2. The number of ether oxygens (including phenoxy) is 3. The van der Waals surface area contributed by atoms with Crippen molar-refractivity contribution in [3.8, 4) is 0 Å². The van der Waals surface area contributed by atoms with Gasteiger partial charge in [-0.05, 0) is 42.0 Å². The lowest BCUT2D eigenvalue weighted by Crippen LogP contribution is -2.27. The van der Waals surface area contributed by atoms with Gasteiger partial charge in [0.1, 0.15) is 32.0 Å². The van der Waals surface area contributed by atoms with Gasteiger partial charge in [0.15, 0.2) is 0 Å². The fourth-order valence-corrected chi connectivity index (χ4v) is 5.34. The summed E-state index contributed by atoms with van der Waals surface area (Å²) in [5, 5.41) is 17.5. The van der Waals surface area contributed by atoms with Crippen LogP contribution in [0.4, 0.5) is 0 Å². The van der Waals surface area contributed by atoms with E-state index in [1.54, 1.807) is 12.1 Å². The van der Waals surface area contributed by atoms with Crippen LogP contribution in [0.3, 0.4) is 0 Å².